The Balaban J connectivity index is 2.91. The van der Waals surface area contributed by atoms with Gasteiger partial charge in [0.25, 0.3) is 0 Å². The maximum Gasteiger partial charge on any atom is 0.132 e. The van der Waals surface area contributed by atoms with Gasteiger partial charge in [-0.3, -0.25) is 4.84 Å². The average Bonchev–Trinajstić information content (AvgIpc) is 2.18. The van der Waals surface area contributed by atoms with E-state index in [1.165, 1.54) is 0 Å². The molecule has 0 bridgehead atoms. The molecule has 0 aliphatic rings. The second-order valence-electron chi connectivity index (χ2n) is 2.50. The molecule has 1 aromatic rings. The number of hydrogen-bond acceptors (Lipinski definition) is 4. The second kappa shape index (κ2) is 5.11. The van der Waals surface area contributed by atoms with Gasteiger partial charge in [-0.15, -0.1) is 11.8 Å². The van der Waals surface area contributed by atoms with Crippen LogP contribution in [0.1, 0.15) is 5.56 Å². The van der Waals surface area contributed by atoms with E-state index in [0.717, 1.165) is 16.2 Å². The van der Waals surface area contributed by atoms with Crippen LogP contribution >= 0.6 is 11.8 Å². The maximum absolute atomic E-state index is 5.18. The molecule has 1 aromatic carbocycles. The summed E-state index contributed by atoms with van der Waals surface area (Å²) >= 11 is 1.64. The summed E-state index contributed by atoms with van der Waals surface area (Å²) in [5, 5.41) is 0. The number of hydrogen-bond donors (Lipinski definition) is 1. The first kappa shape index (κ1) is 10.4. The van der Waals surface area contributed by atoms with Crippen LogP contribution < -0.4 is 10.6 Å². The molecule has 1 rings (SSSR count). The van der Waals surface area contributed by atoms with Crippen LogP contribution in [0.3, 0.4) is 0 Å². The Labute approximate surface area is 82.2 Å². The lowest BCUT2D eigenvalue weighted by atomic mass is 10.2. The highest BCUT2D eigenvalue weighted by Gasteiger charge is 2.02. The summed E-state index contributed by atoms with van der Waals surface area (Å²) in [6.07, 6.45) is 2.00. The Bertz CT molecular complexity index is 278. The molecular weight excluding hydrogens is 186 g/mol. The molecule has 0 amide bonds. The van der Waals surface area contributed by atoms with Gasteiger partial charge in [0, 0.05) is 4.90 Å². The first-order chi connectivity index (χ1) is 6.31. The highest BCUT2D eigenvalue weighted by Crippen LogP contribution is 2.28. The van der Waals surface area contributed by atoms with Gasteiger partial charge in [-0.25, -0.2) is 5.90 Å². The fraction of sp³-hybridized carbons (Fsp3) is 0.333. The van der Waals surface area contributed by atoms with E-state index in [1.807, 2.05) is 24.5 Å². The summed E-state index contributed by atoms with van der Waals surface area (Å²) < 4.78 is 5.18. The largest absolute Gasteiger partial charge is 0.496 e. The van der Waals surface area contributed by atoms with Gasteiger partial charge in [-0.2, -0.15) is 0 Å². The van der Waals surface area contributed by atoms with Crippen LogP contribution in [0.15, 0.2) is 23.1 Å². The van der Waals surface area contributed by atoms with Crippen LogP contribution in [0.5, 0.6) is 5.75 Å². The van der Waals surface area contributed by atoms with Gasteiger partial charge in [-0.1, -0.05) is 6.07 Å². The molecule has 0 spiro atoms. The Kier molecular flexibility index (Phi) is 4.08. The molecule has 0 radical (unpaired) electrons. The molecule has 0 aromatic heterocycles. The van der Waals surface area contributed by atoms with Gasteiger partial charge in [0.15, 0.2) is 0 Å². The summed E-state index contributed by atoms with van der Waals surface area (Å²) in [7, 11) is 1.66. The summed E-state index contributed by atoms with van der Waals surface area (Å²) in [6, 6.07) is 5.86. The number of benzene rings is 1. The van der Waals surface area contributed by atoms with Crippen LogP contribution in [-0.2, 0) is 11.4 Å². The number of thioether (sulfide) groups is 1. The van der Waals surface area contributed by atoms with Gasteiger partial charge < -0.3 is 4.74 Å². The van der Waals surface area contributed by atoms with E-state index in [9.17, 15) is 0 Å². The fourth-order valence-corrected chi connectivity index (χ4v) is 1.69. The Hall–Kier alpha value is -0.710. The predicted octanol–water partition coefficient (Wildman–Crippen LogP) is 1.81. The zero-order valence-electron chi connectivity index (χ0n) is 7.74. The third-order valence-corrected chi connectivity index (χ3v) is 2.46. The molecule has 2 N–H and O–H groups in total. The SMILES string of the molecule is COc1ccc(CON)cc1SC. The van der Waals surface area contributed by atoms with Crippen molar-refractivity contribution in [3.8, 4) is 5.75 Å². The zero-order chi connectivity index (χ0) is 9.68. The molecular formula is C9H13NO2S. The number of rotatable bonds is 4. The van der Waals surface area contributed by atoms with Crippen molar-refractivity contribution in [1.82, 2.24) is 0 Å². The van der Waals surface area contributed by atoms with E-state index in [4.69, 9.17) is 10.6 Å². The molecule has 0 aliphatic carbocycles. The maximum atomic E-state index is 5.18. The average molecular weight is 199 g/mol. The summed E-state index contributed by atoms with van der Waals surface area (Å²) in [6.45, 7) is 0.428. The standard InChI is InChI=1S/C9H13NO2S/c1-11-8-4-3-7(6-12-10)5-9(8)13-2/h3-5H,6,10H2,1-2H3. The van der Waals surface area contributed by atoms with Crippen LogP contribution in [0, 0.1) is 0 Å². The Morgan fingerprint density at radius 1 is 1.46 bits per heavy atom. The topological polar surface area (TPSA) is 44.5 Å². The fourth-order valence-electron chi connectivity index (χ4n) is 1.07. The molecule has 0 saturated heterocycles. The lowest BCUT2D eigenvalue weighted by Crippen LogP contribution is -1.99. The van der Waals surface area contributed by atoms with Crippen molar-refractivity contribution >= 4 is 11.8 Å². The normalized spacial score (nSPS) is 10.1. The van der Waals surface area contributed by atoms with E-state index < -0.39 is 0 Å². The molecule has 0 fully saturated rings. The van der Waals surface area contributed by atoms with Crippen LogP contribution in [0.4, 0.5) is 0 Å². The quantitative estimate of drug-likeness (QED) is 0.593. The molecule has 3 nitrogen and oxygen atoms in total. The van der Waals surface area contributed by atoms with Gasteiger partial charge in [0.05, 0.1) is 13.7 Å². The number of methoxy groups -OCH3 is 1. The summed E-state index contributed by atoms with van der Waals surface area (Å²) in [5.74, 6) is 5.87. The molecule has 72 valence electrons. The first-order valence-corrected chi connectivity index (χ1v) is 5.07. The first-order valence-electron chi connectivity index (χ1n) is 3.84. The van der Waals surface area contributed by atoms with Gasteiger partial charge in [0.1, 0.15) is 5.75 Å². The van der Waals surface area contributed by atoms with Crippen molar-refractivity contribution in [1.29, 1.82) is 0 Å². The summed E-state index contributed by atoms with van der Waals surface area (Å²) in [5.41, 5.74) is 1.05. The van der Waals surface area contributed by atoms with Gasteiger partial charge >= 0.3 is 0 Å². The van der Waals surface area contributed by atoms with Crippen molar-refractivity contribution in [2.24, 2.45) is 5.90 Å². The zero-order valence-corrected chi connectivity index (χ0v) is 8.56. The second-order valence-corrected chi connectivity index (χ2v) is 3.35. The molecule has 0 unspecified atom stereocenters. The highest BCUT2D eigenvalue weighted by atomic mass is 32.2. The van der Waals surface area contributed by atoms with Crippen molar-refractivity contribution in [2.75, 3.05) is 13.4 Å². The number of ether oxygens (including phenoxy) is 1. The molecule has 4 heteroatoms. The van der Waals surface area contributed by atoms with E-state index in [1.54, 1.807) is 18.9 Å². The van der Waals surface area contributed by atoms with Crippen molar-refractivity contribution < 1.29 is 9.57 Å². The minimum atomic E-state index is 0.428. The lowest BCUT2D eigenvalue weighted by molar-refractivity contribution is 0.124. The van der Waals surface area contributed by atoms with Crippen molar-refractivity contribution in [3.63, 3.8) is 0 Å². The molecule has 0 atom stereocenters. The molecule has 0 saturated carbocycles. The third kappa shape index (κ3) is 2.62. The van der Waals surface area contributed by atoms with Crippen LogP contribution in [0.2, 0.25) is 0 Å². The van der Waals surface area contributed by atoms with E-state index in [-0.39, 0.29) is 0 Å². The van der Waals surface area contributed by atoms with E-state index in [0.29, 0.717) is 6.61 Å². The third-order valence-electron chi connectivity index (χ3n) is 1.70. The molecule has 0 heterocycles. The van der Waals surface area contributed by atoms with Crippen molar-refractivity contribution in [2.45, 2.75) is 11.5 Å². The number of nitrogens with two attached hydrogens (primary N) is 1. The van der Waals surface area contributed by atoms with Crippen molar-refractivity contribution in [3.05, 3.63) is 23.8 Å². The molecule has 13 heavy (non-hydrogen) atoms. The Morgan fingerprint density at radius 2 is 2.23 bits per heavy atom. The predicted molar refractivity (Wildman–Crippen MR) is 53.8 cm³/mol. The molecule has 0 aliphatic heterocycles. The van der Waals surface area contributed by atoms with Crippen LogP contribution in [-0.4, -0.2) is 13.4 Å². The van der Waals surface area contributed by atoms with E-state index >= 15 is 0 Å². The lowest BCUT2D eigenvalue weighted by Gasteiger charge is -2.07. The van der Waals surface area contributed by atoms with Crippen LogP contribution in [0.25, 0.3) is 0 Å². The minimum Gasteiger partial charge on any atom is -0.496 e. The Morgan fingerprint density at radius 3 is 2.77 bits per heavy atom. The summed E-state index contributed by atoms with van der Waals surface area (Å²) in [4.78, 5) is 5.65. The van der Waals surface area contributed by atoms with Gasteiger partial charge in [-0.05, 0) is 24.0 Å². The smallest absolute Gasteiger partial charge is 0.132 e. The van der Waals surface area contributed by atoms with E-state index in [2.05, 4.69) is 4.84 Å². The monoisotopic (exact) mass is 199 g/mol. The van der Waals surface area contributed by atoms with Gasteiger partial charge in [0.2, 0.25) is 0 Å². The minimum absolute atomic E-state index is 0.428. The highest BCUT2D eigenvalue weighted by molar-refractivity contribution is 7.98.